The van der Waals surface area contributed by atoms with Crippen molar-refractivity contribution in [1.82, 2.24) is 10.3 Å². The second kappa shape index (κ2) is 9.36. The van der Waals surface area contributed by atoms with E-state index in [0.717, 1.165) is 10.5 Å². The number of halogens is 2. The highest BCUT2D eigenvalue weighted by Gasteiger charge is 2.29. The Morgan fingerprint density at radius 3 is 2.74 bits per heavy atom. The molecule has 1 aromatic heterocycles. The standard InChI is InChI=1S/C22H17ClFN3O3S/c23-14-2-7-18-17(9-14)27-22(29)19(31-18)10-20(28)25-11-13-1-8-21(26-12-13)30-16-5-3-15(24)4-6-16/h1-9,12,19H,10-11H2,(H,25,28)(H,27,29). The van der Waals surface area contributed by atoms with Crippen LogP contribution in [0.4, 0.5) is 10.1 Å². The smallest absolute Gasteiger partial charge is 0.238 e. The van der Waals surface area contributed by atoms with Crippen LogP contribution in [0.2, 0.25) is 5.02 Å². The van der Waals surface area contributed by atoms with Crippen LogP contribution in [0.5, 0.6) is 11.6 Å². The van der Waals surface area contributed by atoms with Crippen molar-refractivity contribution in [3.63, 3.8) is 0 Å². The lowest BCUT2D eigenvalue weighted by Gasteiger charge is -2.23. The third-order valence-corrected chi connectivity index (χ3v) is 5.97. The fraction of sp³-hybridized carbons (Fsp3) is 0.136. The number of hydrogen-bond donors (Lipinski definition) is 2. The second-order valence-electron chi connectivity index (χ2n) is 6.78. The summed E-state index contributed by atoms with van der Waals surface area (Å²) in [7, 11) is 0. The van der Waals surface area contributed by atoms with Gasteiger partial charge in [-0.3, -0.25) is 9.59 Å². The van der Waals surface area contributed by atoms with Crippen molar-refractivity contribution in [3.05, 3.63) is 77.2 Å². The zero-order valence-corrected chi connectivity index (χ0v) is 17.7. The van der Waals surface area contributed by atoms with Gasteiger partial charge in [-0.1, -0.05) is 17.7 Å². The molecule has 0 saturated carbocycles. The van der Waals surface area contributed by atoms with E-state index in [1.54, 1.807) is 30.5 Å². The van der Waals surface area contributed by atoms with Crippen molar-refractivity contribution in [3.8, 4) is 11.6 Å². The van der Waals surface area contributed by atoms with Crippen LogP contribution >= 0.6 is 23.4 Å². The minimum Gasteiger partial charge on any atom is -0.439 e. The third-order valence-electron chi connectivity index (χ3n) is 4.46. The Labute approximate surface area is 187 Å². The van der Waals surface area contributed by atoms with E-state index in [4.69, 9.17) is 16.3 Å². The van der Waals surface area contributed by atoms with E-state index in [1.807, 2.05) is 6.07 Å². The van der Waals surface area contributed by atoms with Gasteiger partial charge in [0, 0.05) is 35.1 Å². The molecule has 3 aromatic rings. The van der Waals surface area contributed by atoms with E-state index in [1.165, 1.54) is 36.0 Å². The number of thioether (sulfide) groups is 1. The van der Waals surface area contributed by atoms with Crippen LogP contribution in [0, 0.1) is 5.82 Å². The summed E-state index contributed by atoms with van der Waals surface area (Å²) in [6.07, 6.45) is 1.64. The van der Waals surface area contributed by atoms with Crippen LogP contribution in [0.25, 0.3) is 0 Å². The van der Waals surface area contributed by atoms with Gasteiger partial charge >= 0.3 is 0 Å². The first-order chi connectivity index (χ1) is 15.0. The molecule has 0 radical (unpaired) electrons. The summed E-state index contributed by atoms with van der Waals surface area (Å²) in [4.78, 5) is 29.7. The molecule has 31 heavy (non-hydrogen) atoms. The van der Waals surface area contributed by atoms with Crippen LogP contribution < -0.4 is 15.4 Å². The number of nitrogens with zero attached hydrogens (tertiary/aromatic N) is 1. The number of pyridine rings is 1. The molecule has 158 valence electrons. The van der Waals surface area contributed by atoms with Gasteiger partial charge in [0.15, 0.2) is 0 Å². The normalized spacial score (nSPS) is 15.0. The maximum atomic E-state index is 12.9. The maximum absolute atomic E-state index is 12.9. The van der Waals surface area contributed by atoms with Gasteiger partial charge in [0.1, 0.15) is 11.6 Å². The number of rotatable bonds is 6. The molecule has 9 heteroatoms. The molecule has 2 amide bonds. The fourth-order valence-electron chi connectivity index (χ4n) is 2.90. The van der Waals surface area contributed by atoms with E-state index in [9.17, 15) is 14.0 Å². The molecule has 2 heterocycles. The Morgan fingerprint density at radius 1 is 1.19 bits per heavy atom. The maximum Gasteiger partial charge on any atom is 0.238 e. The molecule has 2 aromatic carbocycles. The van der Waals surface area contributed by atoms with E-state index < -0.39 is 5.25 Å². The van der Waals surface area contributed by atoms with Crippen molar-refractivity contribution in [2.24, 2.45) is 0 Å². The van der Waals surface area contributed by atoms with E-state index in [2.05, 4.69) is 15.6 Å². The Hall–Kier alpha value is -3.10. The summed E-state index contributed by atoms with van der Waals surface area (Å²) in [6, 6.07) is 14.3. The molecule has 0 saturated heterocycles. The lowest BCUT2D eigenvalue weighted by Crippen LogP contribution is -2.34. The molecular formula is C22H17ClFN3O3S. The van der Waals surface area contributed by atoms with Crippen molar-refractivity contribution in [2.45, 2.75) is 23.1 Å². The van der Waals surface area contributed by atoms with Gasteiger partial charge in [-0.2, -0.15) is 0 Å². The van der Waals surface area contributed by atoms with E-state index in [-0.39, 0.29) is 30.6 Å². The Morgan fingerprint density at radius 2 is 2.00 bits per heavy atom. The minimum absolute atomic E-state index is 0.0533. The first kappa shape index (κ1) is 21.1. The summed E-state index contributed by atoms with van der Waals surface area (Å²) in [5.74, 6) is 0.0254. The molecule has 1 aliphatic heterocycles. The summed E-state index contributed by atoms with van der Waals surface area (Å²) >= 11 is 7.29. The molecule has 2 N–H and O–H groups in total. The molecule has 6 nitrogen and oxygen atoms in total. The number of anilines is 1. The number of ether oxygens (including phenoxy) is 1. The highest BCUT2D eigenvalue weighted by atomic mass is 35.5. The second-order valence-corrected chi connectivity index (χ2v) is 8.46. The molecule has 4 rings (SSSR count). The average molecular weight is 458 g/mol. The van der Waals surface area contributed by atoms with Crippen molar-refractivity contribution in [2.75, 3.05) is 5.32 Å². The Balaban J connectivity index is 1.28. The fourth-order valence-corrected chi connectivity index (χ4v) is 4.16. The van der Waals surface area contributed by atoms with Crippen LogP contribution in [-0.4, -0.2) is 22.0 Å². The highest BCUT2D eigenvalue weighted by molar-refractivity contribution is 8.01. The van der Waals surface area contributed by atoms with Gasteiger partial charge in [0.2, 0.25) is 17.7 Å². The summed E-state index contributed by atoms with van der Waals surface area (Å²) in [5.41, 5.74) is 1.44. The van der Waals surface area contributed by atoms with Gasteiger partial charge < -0.3 is 15.4 Å². The summed E-state index contributed by atoms with van der Waals surface area (Å²) in [5, 5.41) is 5.61. The van der Waals surface area contributed by atoms with Gasteiger partial charge in [0.05, 0.1) is 10.9 Å². The first-order valence-corrected chi connectivity index (χ1v) is 10.6. The number of carbonyl (C=O) groups excluding carboxylic acids is 2. The minimum atomic E-state index is -0.515. The molecule has 0 spiro atoms. The summed E-state index contributed by atoms with van der Waals surface area (Å²) in [6.45, 7) is 0.272. The van der Waals surface area contributed by atoms with Crippen molar-refractivity contribution < 1.29 is 18.7 Å². The number of amides is 2. The van der Waals surface area contributed by atoms with Crippen molar-refractivity contribution in [1.29, 1.82) is 0 Å². The van der Waals surface area contributed by atoms with Gasteiger partial charge in [-0.25, -0.2) is 9.37 Å². The molecule has 1 unspecified atom stereocenters. The Kier molecular flexibility index (Phi) is 6.39. The number of hydrogen-bond acceptors (Lipinski definition) is 5. The predicted octanol–water partition coefficient (Wildman–Crippen LogP) is 4.79. The molecule has 0 bridgehead atoms. The number of benzene rings is 2. The SMILES string of the molecule is O=C(CC1Sc2ccc(Cl)cc2NC1=O)NCc1ccc(Oc2ccc(F)cc2)nc1. The number of nitrogens with one attached hydrogen (secondary N) is 2. The zero-order chi connectivity index (χ0) is 21.8. The van der Waals surface area contributed by atoms with Gasteiger partial charge in [-0.15, -0.1) is 11.8 Å². The molecule has 0 aliphatic carbocycles. The monoisotopic (exact) mass is 457 g/mol. The Bertz CT molecular complexity index is 1110. The first-order valence-electron chi connectivity index (χ1n) is 9.38. The van der Waals surface area contributed by atoms with Crippen LogP contribution in [-0.2, 0) is 16.1 Å². The quantitative estimate of drug-likeness (QED) is 0.556. The van der Waals surface area contributed by atoms with Crippen LogP contribution in [0.3, 0.4) is 0 Å². The molecule has 1 atom stereocenters. The third kappa shape index (κ3) is 5.53. The van der Waals surface area contributed by atoms with E-state index >= 15 is 0 Å². The van der Waals surface area contributed by atoms with Gasteiger partial charge in [-0.05, 0) is 48.0 Å². The van der Waals surface area contributed by atoms with Gasteiger partial charge in [0.25, 0.3) is 0 Å². The van der Waals surface area contributed by atoms with Crippen LogP contribution in [0.15, 0.2) is 65.7 Å². The number of carbonyl (C=O) groups is 2. The lowest BCUT2D eigenvalue weighted by molar-refractivity contribution is -0.124. The largest absolute Gasteiger partial charge is 0.439 e. The predicted molar refractivity (Wildman–Crippen MR) is 117 cm³/mol. The number of aromatic nitrogens is 1. The zero-order valence-electron chi connectivity index (χ0n) is 16.1. The highest BCUT2D eigenvalue weighted by Crippen LogP contribution is 2.38. The topological polar surface area (TPSA) is 80.3 Å². The number of fused-ring (bicyclic) bond motifs is 1. The molecule has 0 fully saturated rings. The van der Waals surface area contributed by atoms with Crippen molar-refractivity contribution >= 4 is 40.9 Å². The van der Waals surface area contributed by atoms with Crippen LogP contribution in [0.1, 0.15) is 12.0 Å². The molecule has 1 aliphatic rings. The summed E-state index contributed by atoms with van der Waals surface area (Å²) < 4.78 is 18.5. The molecular weight excluding hydrogens is 441 g/mol. The van der Waals surface area contributed by atoms with E-state index in [0.29, 0.717) is 22.3 Å². The average Bonchev–Trinajstić information content (AvgIpc) is 2.75. The lowest BCUT2D eigenvalue weighted by atomic mass is 10.2.